The zero-order valence-electron chi connectivity index (χ0n) is 21.4. The Bertz CT molecular complexity index is 943. The van der Waals surface area contributed by atoms with Crippen molar-refractivity contribution in [3.8, 4) is 0 Å². The van der Waals surface area contributed by atoms with E-state index in [1.54, 1.807) is 0 Å². The zero-order valence-corrected chi connectivity index (χ0v) is 21.4. The van der Waals surface area contributed by atoms with E-state index in [1.165, 1.54) is 69.8 Å². The van der Waals surface area contributed by atoms with Crippen molar-refractivity contribution in [3.05, 3.63) is 59.2 Å². The van der Waals surface area contributed by atoms with Gasteiger partial charge in [-0.3, -0.25) is 0 Å². The minimum atomic E-state index is -0.649. The van der Waals surface area contributed by atoms with Crippen molar-refractivity contribution in [1.29, 1.82) is 0 Å². The maximum Gasteiger partial charge on any atom is 0.166 e. The second-order valence-electron chi connectivity index (χ2n) is 11.1. The van der Waals surface area contributed by atoms with Gasteiger partial charge in [-0.2, -0.15) is 0 Å². The Morgan fingerprint density at radius 1 is 0.794 bits per heavy atom. The molecule has 2 saturated carbocycles. The van der Waals surface area contributed by atoms with E-state index in [4.69, 9.17) is 0 Å². The van der Waals surface area contributed by atoms with Crippen LogP contribution in [0.25, 0.3) is 10.8 Å². The molecule has 0 atom stereocenters. The van der Waals surface area contributed by atoms with Crippen LogP contribution in [0.3, 0.4) is 0 Å². The smallest absolute Gasteiger partial charge is 0.166 e. The topological polar surface area (TPSA) is 0 Å². The van der Waals surface area contributed by atoms with Gasteiger partial charge in [-0.25, -0.2) is 8.78 Å². The summed E-state index contributed by atoms with van der Waals surface area (Å²) in [5.74, 6) is 1.76. The third kappa shape index (κ3) is 6.10. The maximum atomic E-state index is 15.0. The summed E-state index contributed by atoms with van der Waals surface area (Å²) < 4.78 is 29.7. The number of allylic oxidation sites excluding steroid dienone is 2. The predicted octanol–water partition coefficient (Wildman–Crippen LogP) is 10.3. The molecular formula is C32H44F2. The molecule has 2 aromatic rings. The van der Waals surface area contributed by atoms with Crippen LogP contribution in [-0.4, -0.2) is 0 Å². The first kappa shape index (κ1) is 25.4. The number of aryl methyl sites for hydroxylation is 1. The first-order chi connectivity index (χ1) is 16.6. The van der Waals surface area contributed by atoms with Crippen molar-refractivity contribution < 1.29 is 8.78 Å². The average Bonchev–Trinajstić information content (AvgIpc) is 2.88. The van der Waals surface area contributed by atoms with Crippen LogP contribution in [0.15, 0.2) is 36.4 Å². The fourth-order valence-electron chi connectivity index (χ4n) is 6.59. The molecule has 34 heavy (non-hydrogen) atoms. The van der Waals surface area contributed by atoms with Crippen LogP contribution in [0.1, 0.15) is 114 Å². The minimum Gasteiger partial charge on any atom is -0.203 e. The van der Waals surface area contributed by atoms with E-state index < -0.39 is 11.6 Å². The first-order valence-electron chi connectivity index (χ1n) is 14.2. The lowest BCUT2D eigenvalue weighted by atomic mass is 9.68. The lowest BCUT2D eigenvalue weighted by Gasteiger charge is -2.37. The summed E-state index contributed by atoms with van der Waals surface area (Å²) in [5.41, 5.74) is 1.73. The molecule has 0 aliphatic heterocycles. The Hall–Kier alpha value is -1.70. The molecule has 2 aromatic carbocycles. The van der Waals surface area contributed by atoms with Crippen molar-refractivity contribution in [2.45, 2.75) is 110 Å². The summed E-state index contributed by atoms with van der Waals surface area (Å²) in [7, 11) is 0. The van der Waals surface area contributed by atoms with E-state index in [0.29, 0.717) is 23.3 Å². The van der Waals surface area contributed by atoms with E-state index in [1.807, 2.05) is 18.2 Å². The molecule has 2 fully saturated rings. The Labute approximate surface area is 206 Å². The number of halogens is 2. The third-order valence-corrected chi connectivity index (χ3v) is 8.76. The van der Waals surface area contributed by atoms with Crippen molar-refractivity contribution in [2.24, 2.45) is 17.8 Å². The quantitative estimate of drug-likeness (QED) is 0.255. The summed E-state index contributed by atoms with van der Waals surface area (Å²) in [6, 6.07) is 8.02. The molecule has 2 aliphatic carbocycles. The molecular weight excluding hydrogens is 422 g/mol. The van der Waals surface area contributed by atoms with Crippen LogP contribution in [0.4, 0.5) is 8.78 Å². The normalized spacial score (nSPS) is 25.9. The van der Waals surface area contributed by atoms with E-state index in [0.717, 1.165) is 42.4 Å². The number of rotatable bonds is 9. The predicted molar refractivity (Wildman–Crippen MR) is 141 cm³/mol. The summed E-state index contributed by atoms with van der Waals surface area (Å²) >= 11 is 0. The van der Waals surface area contributed by atoms with E-state index in [9.17, 15) is 8.78 Å². The molecule has 0 aromatic heterocycles. The van der Waals surface area contributed by atoms with Gasteiger partial charge in [0.25, 0.3) is 0 Å². The minimum absolute atomic E-state index is 0.464. The van der Waals surface area contributed by atoms with Crippen LogP contribution < -0.4 is 0 Å². The van der Waals surface area contributed by atoms with Crippen LogP contribution >= 0.6 is 0 Å². The van der Waals surface area contributed by atoms with Crippen molar-refractivity contribution in [2.75, 3.05) is 0 Å². The standard InChI is InChI=1S/C32H44F2/c1-3-5-7-9-23-11-13-24(14-12-23)25-15-17-26(18-16-25)27-19-20-28-21-29(10-8-6-4-2)31(33)32(34)30(28)22-27/h7,9,19-26H,3-6,8,10-18H2,1-2H3/b9-7+. The van der Waals surface area contributed by atoms with Gasteiger partial charge in [0.2, 0.25) is 0 Å². The Balaban J connectivity index is 1.35. The monoisotopic (exact) mass is 466 g/mol. The lowest BCUT2D eigenvalue weighted by molar-refractivity contribution is 0.171. The van der Waals surface area contributed by atoms with Gasteiger partial charge in [0.05, 0.1) is 0 Å². The molecule has 0 spiro atoms. The number of unbranched alkanes of at least 4 members (excludes halogenated alkanes) is 3. The molecule has 0 nitrogen and oxygen atoms in total. The van der Waals surface area contributed by atoms with E-state index in [-0.39, 0.29) is 0 Å². The van der Waals surface area contributed by atoms with Crippen LogP contribution in [0, 0.1) is 29.4 Å². The van der Waals surface area contributed by atoms with Gasteiger partial charge in [-0.15, -0.1) is 0 Å². The average molecular weight is 467 g/mol. The molecule has 0 unspecified atom stereocenters. The lowest BCUT2D eigenvalue weighted by Crippen LogP contribution is -2.25. The fraction of sp³-hybridized carbons (Fsp3) is 0.625. The second kappa shape index (κ2) is 12.3. The van der Waals surface area contributed by atoms with Crippen molar-refractivity contribution in [3.63, 3.8) is 0 Å². The molecule has 0 amide bonds. The number of fused-ring (bicyclic) bond motifs is 1. The molecule has 4 rings (SSSR count). The van der Waals surface area contributed by atoms with Gasteiger partial charge in [-0.1, -0.05) is 57.4 Å². The maximum absolute atomic E-state index is 15.0. The SMILES string of the molecule is CCC/C=C/C1CCC(C2CCC(c3ccc4cc(CCCCC)c(F)c(F)c4c3)CC2)CC1. The largest absolute Gasteiger partial charge is 0.203 e. The second-order valence-corrected chi connectivity index (χ2v) is 11.1. The molecule has 0 saturated heterocycles. The third-order valence-electron chi connectivity index (χ3n) is 8.76. The van der Waals surface area contributed by atoms with E-state index in [2.05, 4.69) is 32.1 Å². The molecule has 2 aliphatic rings. The molecule has 2 heteroatoms. The summed E-state index contributed by atoms with van der Waals surface area (Å²) in [6.07, 6.45) is 21.4. The summed E-state index contributed by atoms with van der Waals surface area (Å²) in [4.78, 5) is 0. The van der Waals surface area contributed by atoms with Gasteiger partial charge in [0.15, 0.2) is 11.6 Å². The summed E-state index contributed by atoms with van der Waals surface area (Å²) in [5, 5.41) is 1.30. The van der Waals surface area contributed by atoms with Crippen LogP contribution in [-0.2, 0) is 6.42 Å². The fourth-order valence-corrected chi connectivity index (χ4v) is 6.59. The van der Waals surface area contributed by atoms with Gasteiger partial charge in [-0.05, 0) is 123 Å². The highest BCUT2D eigenvalue weighted by atomic mass is 19.2. The highest BCUT2D eigenvalue weighted by molar-refractivity contribution is 5.85. The van der Waals surface area contributed by atoms with Crippen molar-refractivity contribution in [1.82, 2.24) is 0 Å². The summed E-state index contributed by atoms with van der Waals surface area (Å²) in [6.45, 7) is 4.37. The van der Waals surface area contributed by atoms with Crippen LogP contribution in [0.5, 0.6) is 0 Å². The molecule has 0 bridgehead atoms. The van der Waals surface area contributed by atoms with Crippen molar-refractivity contribution >= 4 is 10.8 Å². The number of benzene rings is 2. The zero-order chi connectivity index (χ0) is 23.9. The van der Waals surface area contributed by atoms with Crippen LogP contribution in [0.2, 0.25) is 0 Å². The van der Waals surface area contributed by atoms with Gasteiger partial charge in [0.1, 0.15) is 0 Å². The molecule has 186 valence electrons. The Morgan fingerprint density at radius 3 is 2.18 bits per heavy atom. The number of hydrogen-bond donors (Lipinski definition) is 0. The van der Waals surface area contributed by atoms with Gasteiger partial charge < -0.3 is 0 Å². The Kier molecular flexibility index (Phi) is 9.20. The molecule has 0 heterocycles. The van der Waals surface area contributed by atoms with E-state index >= 15 is 0 Å². The highest BCUT2D eigenvalue weighted by Crippen LogP contribution is 2.44. The molecule has 0 N–H and O–H groups in total. The van der Waals surface area contributed by atoms with Gasteiger partial charge >= 0.3 is 0 Å². The highest BCUT2D eigenvalue weighted by Gasteiger charge is 2.31. The Morgan fingerprint density at radius 2 is 1.50 bits per heavy atom. The number of hydrogen-bond acceptors (Lipinski definition) is 0. The first-order valence-corrected chi connectivity index (χ1v) is 14.2. The van der Waals surface area contributed by atoms with Gasteiger partial charge in [0, 0.05) is 5.39 Å². The molecule has 0 radical (unpaired) electrons.